The Kier molecular flexibility index (Phi) is 5.16. The maximum absolute atomic E-state index is 13.3. The minimum Gasteiger partial charge on any atom is -0.459 e. The number of amides is 2. The third kappa shape index (κ3) is 3.94. The number of carbonyl (C=O) groups is 2. The van der Waals surface area contributed by atoms with E-state index < -0.39 is 11.7 Å². The van der Waals surface area contributed by atoms with Crippen molar-refractivity contribution in [2.24, 2.45) is 0 Å². The molecule has 1 aliphatic rings. The normalized spacial score (nSPS) is 16.8. The highest BCUT2D eigenvalue weighted by atomic mass is 32.1. The summed E-state index contributed by atoms with van der Waals surface area (Å²) < 4.78 is 18.4. The van der Waals surface area contributed by atoms with Crippen molar-refractivity contribution in [3.05, 3.63) is 64.3 Å². The highest BCUT2D eigenvalue weighted by Crippen LogP contribution is 2.30. The van der Waals surface area contributed by atoms with Crippen LogP contribution in [0.3, 0.4) is 0 Å². The number of piperidine rings is 1. The average Bonchev–Trinajstić information content (AvgIpc) is 3.40. The third-order valence-corrected chi connectivity index (χ3v) is 5.59. The van der Waals surface area contributed by atoms with Crippen LogP contribution in [0.2, 0.25) is 0 Å². The molecule has 1 aromatic carbocycles. The molecule has 2 amide bonds. The van der Waals surface area contributed by atoms with Gasteiger partial charge in [0.1, 0.15) is 10.8 Å². The number of nitrogens with one attached hydrogen (secondary N) is 1. The first-order valence-electron chi connectivity index (χ1n) is 8.83. The zero-order valence-electron chi connectivity index (χ0n) is 14.8. The lowest BCUT2D eigenvalue weighted by atomic mass is 9.98. The summed E-state index contributed by atoms with van der Waals surface area (Å²) in [6, 6.07) is 8.98. The fourth-order valence-corrected chi connectivity index (χ4v) is 4.03. The van der Waals surface area contributed by atoms with Gasteiger partial charge in [0.2, 0.25) is 5.01 Å². The Labute approximate surface area is 164 Å². The predicted octanol–water partition coefficient (Wildman–Crippen LogP) is 3.54. The molecule has 3 heterocycles. The summed E-state index contributed by atoms with van der Waals surface area (Å²) in [5, 5.41) is 11.6. The van der Waals surface area contributed by atoms with Crippen LogP contribution in [-0.2, 0) is 0 Å². The number of rotatable bonds is 4. The second-order valence-electron chi connectivity index (χ2n) is 6.48. The molecule has 1 saturated heterocycles. The van der Waals surface area contributed by atoms with E-state index in [0.717, 1.165) is 12.8 Å². The van der Waals surface area contributed by atoms with Crippen molar-refractivity contribution < 1.29 is 18.4 Å². The van der Waals surface area contributed by atoms with Crippen molar-refractivity contribution in [2.75, 3.05) is 18.4 Å². The molecule has 9 heteroatoms. The van der Waals surface area contributed by atoms with E-state index in [-0.39, 0.29) is 16.8 Å². The van der Waals surface area contributed by atoms with Crippen molar-refractivity contribution in [3.8, 4) is 0 Å². The van der Waals surface area contributed by atoms with Gasteiger partial charge < -0.3 is 14.6 Å². The van der Waals surface area contributed by atoms with E-state index >= 15 is 0 Å². The largest absolute Gasteiger partial charge is 0.459 e. The van der Waals surface area contributed by atoms with Crippen molar-refractivity contribution in [1.29, 1.82) is 0 Å². The molecule has 1 atom stereocenters. The first kappa shape index (κ1) is 18.3. The Hall–Kier alpha value is -3.07. The Bertz CT molecular complexity index is 989. The second-order valence-corrected chi connectivity index (χ2v) is 7.49. The van der Waals surface area contributed by atoms with E-state index in [1.54, 1.807) is 23.1 Å². The SMILES string of the molecule is O=C(Nc1cccc(F)c1)c1nnc([C@H]2CCCN(C(=O)c3ccco3)C2)s1. The standard InChI is InChI=1S/C19H17FN4O3S/c20-13-5-1-6-14(10-13)21-16(25)18-23-22-17(28-18)12-4-2-8-24(11-12)19(26)15-7-3-9-27-15/h1,3,5-7,9-10,12H,2,4,8,11H2,(H,21,25)/t12-/m0/s1. The van der Waals surface area contributed by atoms with Crippen molar-refractivity contribution >= 4 is 28.8 Å². The lowest BCUT2D eigenvalue weighted by Gasteiger charge is -2.30. The topological polar surface area (TPSA) is 88.3 Å². The van der Waals surface area contributed by atoms with Gasteiger partial charge in [-0.3, -0.25) is 9.59 Å². The van der Waals surface area contributed by atoms with Gasteiger partial charge in [0.25, 0.3) is 11.8 Å². The van der Waals surface area contributed by atoms with Crippen molar-refractivity contribution in [3.63, 3.8) is 0 Å². The summed E-state index contributed by atoms with van der Waals surface area (Å²) in [6.07, 6.45) is 3.17. The molecular weight excluding hydrogens is 383 g/mol. The first-order chi connectivity index (χ1) is 13.6. The van der Waals surface area contributed by atoms with Gasteiger partial charge in [-0.1, -0.05) is 17.4 Å². The number of benzene rings is 1. The van der Waals surface area contributed by atoms with Crippen molar-refractivity contribution in [1.82, 2.24) is 15.1 Å². The zero-order chi connectivity index (χ0) is 19.5. The monoisotopic (exact) mass is 400 g/mol. The molecule has 28 heavy (non-hydrogen) atoms. The summed E-state index contributed by atoms with van der Waals surface area (Å²) in [5.41, 5.74) is 0.356. The third-order valence-electron chi connectivity index (χ3n) is 4.51. The summed E-state index contributed by atoms with van der Waals surface area (Å²) in [4.78, 5) is 26.6. The summed E-state index contributed by atoms with van der Waals surface area (Å²) in [6.45, 7) is 1.15. The summed E-state index contributed by atoms with van der Waals surface area (Å²) in [5.74, 6) is -0.690. The van der Waals surface area contributed by atoms with Gasteiger partial charge in [-0.2, -0.15) is 0 Å². The highest BCUT2D eigenvalue weighted by Gasteiger charge is 2.29. The van der Waals surface area contributed by atoms with Crippen LogP contribution >= 0.6 is 11.3 Å². The van der Waals surface area contributed by atoms with Gasteiger partial charge in [0.05, 0.1) is 6.26 Å². The molecule has 1 aliphatic heterocycles. The Balaban J connectivity index is 1.43. The number of furan rings is 1. The van der Waals surface area contributed by atoms with Gasteiger partial charge in [-0.15, -0.1) is 10.2 Å². The molecule has 0 aliphatic carbocycles. The minimum atomic E-state index is -0.436. The molecule has 0 spiro atoms. The lowest BCUT2D eigenvalue weighted by molar-refractivity contribution is 0.0674. The fraction of sp³-hybridized carbons (Fsp3) is 0.263. The Morgan fingerprint density at radius 1 is 1.25 bits per heavy atom. The van der Waals surface area contributed by atoms with Crippen LogP contribution in [0.1, 0.15) is 44.1 Å². The molecule has 0 bridgehead atoms. The van der Waals surface area contributed by atoms with E-state index in [0.29, 0.717) is 29.5 Å². The first-order valence-corrected chi connectivity index (χ1v) is 9.65. The molecule has 2 aromatic heterocycles. The summed E-state index contributed by atoms with van der Waals surface area (Å²) in [7, 11) is 0. The molecule has 0 unspecified atom stereocenters. The van der Waals surface area contributed by atoms with Crippen LogP contribution < -0.4 is 5.32 Å². The highest BCUT2D eigenvalue weighted by molar-refractivity contribution is 7.13. The Morgan fingerprint density at radius 3 is 2.93 bits per heavy atom. The van der Waals surface area contributed by atoms with Crippen LogP contribution in [-0.4, -0.2) is 40.0 Å². The number of anilines is 1. The van der Waals surface area contributed by atoms with E-state index in [1.807, 2.05) is 0 Å². The molecule has 3 aromatic rings. The van der Waals surface area contributed by atoms with Crippen molar-refractivity contribution in [2.45, 2.75) is 18.8 Å². The molecule has 144 valence electrons. The minimum absolute atomic E-state index is 0.0147. The van der Waals surface area contributed by atoms with Gasteiger partial charge in [0, 0.05) is 24.7 Å². The molecular formula is C19H17FN4O3S. The molecule has 4 rings (SSSR count). The number of likely N-dealkylation sites (tertiary alicyclic amines) is 1. The smallest absolute Gasteiger partial charge is 0.289 e. The van der Waals surface area contributed by atoms with Crippen LogP contribution in [0.4, 0.5) is 10.1 Å². The van der Waals surface area contributed by atoms with Gasteiger partial charge >= 0.3 is 0 Å². The maximum atomic E-state index is 13.3. The van der Waals surface area contributed by atoms with E-state index in [9.17, 15) is 14.0 Å². The number of nitrogens with zero attached hydrogens (tertiary/aromatic N) is 3. The fourth-order valence-electron chi connectivity index (χ4n) is 3.16. The summed E-state index contributed by atoms with van der Waals surface area (Å²) >= 11 is 1.19. The molecule has 1 fully saturated rings. The van der Waals surface area contributed by atoms with E-state index in [1.165, 1.54) is 35.8 Å². The Morgan fingerprint density at radius 2 is 2.14 bits per heavy atom. The van der Waals surface area contributed by atoms with E-state index in [2.05, 4.69) is 15.5 Å². The van der Waals surface area contributed by atoms with Crippen LogP contribution in [0.25, 0.3) is 0 Å². The van der Waals surface area contributed by atoms with Gasteiger partial charge in [0.15, 0.2) is 5.76 Å². The zero-order valence-corrected chi connectivity index (χ0v) is 15.6. The quantitative estimate of drug-likeness (QED) is 0.724. The maximum Gasteiger partial charge on any atom is 0.289 e. The van der Waals surface area contributed by atoms with Gasteiger partial charge in [-0.05, 0) is 43.2 Å². The molecule has 0 radical (unpaired) electrons. The predicted molar refractivity (Wildman–Crippen MR) is 101 cm³/mol. The number of hydrogen-bond acceptors (Lipinski definition) is 6. The van der Waals surface area contributed by atoms with Crippen LogP contribution in [0, 0.1) is 5.82 Å². The number of hydrogen-bond donors (Lipinski definition) is 1. The van der Waals surface area contributed by atoms with E-state index in [4.69, 9.17) is 4.42 Å². The van der Waals surface area contributed by atoms with Crippen LogP contribution in [0.5, 0.6) is 0 Å². The molecule has 0 saturated carbocycles. The lowest BCUT2D eigenvalue weighted by Crippen LogP contribution is -2.38. The van der Waals surface area contributed by atoms with Crippen LogP contribution in [0.15, 0.2) is 47.1 Å². The average molecular weight is 400 g/mol. The molecule has 1 N–H and O–H groups in total. The number of carbonyl (C=O) groups excluding carboxylic acids is 2. The number of aromatic nitrogens is 2. The molecule has 7 nitrogen and oxygen atoms in total. The number of halogens is 1. The van der Waals surface area contributed by atoms with Gasteiger partial charge in [-0.25, -0.2) is 4.39 Å². The second kappa shape index (κ2) is 7.89.